The molecule has 2 N–H and O–H groups in total. The van der Waals surface area contributed by atoms with Gasteiger partial charge in [0.15, 0.2) is 0 Å². The van der Waals surface area contributed by atoms with E-state index in [-0.39, 0.29) is 18.4 Å². The van der Waals surface area contributed by atoms with Crippen LogP contribution in [0.5, 0.6) is 0 Å². The predicted molar refractivity (Wildman–Crippen MR) is 96.4 cm³/mol. The van der Waals surface area contributed by atoms with Crippen LogP contribution in [0.4, 0.5) is 0 Å². The van der Waals surface area contributed by atoms with Gasteiger partial charge in [-0.05, 0) is 34.6 Å². The van der Waals surface area contributed by atoms with Crippen LogP contribution in [0.2, 0.25) is 0 Å². The standard InChI is InChI=1S/C21H22N2O2/c1-13(24)22-12-20(25)23-11-14-10-19-15-6-2-4-8-17(15)21(14)18-9-5-3-7-16(18)19/h2-9,14,19,21H,10-12H2,1H3,(H,22,24)(H,23,25)/t14-,19?,21?/m0/s1. The molecule has 25 heavy (non-hydrogen) atoms. The highest BCUT2D eigenvalue weighted by atomic mass is 16.2. The van der Waals surface area contributed by atoms with Crippen LogP contribution in [-0.2, 0) is 9.59 Å². The molecule has 0 radical (unpaired) electrons. The zero-order valence-electron chi connectivity index (χ0n) is 14.3. The molecule has 2 aromatic rings. The van der Waals surface area contributed by atoms with Crippen molar-refractivity contribution in [2.75, 3.05) is 13.1 Å². The highest BCUT2D eigenvalue weighted by Crippen LogP contribution is 2.54. The fourth-order valence-electron chi connectivity index (χ4n) is 4.47. The van der Waals surface area contributed by atoms with E-state index in [0.29, 0.717) is 24.3 Å². The van der Waals surface area contributed by atoms with Gasteiger partial charge in [0.05, 0.1) is 6.54 Å². The molecule has 0 aliphatic heterocycles. The van der Waals surface area contributed by atoms with E-state index in [1.807, 2.05) is 0 Å². The Balaban J connectivity index is 1.56. The zero-order chi connectivity index (χ0) is 17.4. The van der Waals surface area contributed by atoms with Crippen molar-refractivity contribution < 1.29 is 9.59 Å². The molecule has 2 amide bonds. The molecular formula is C21H22N2O2. The third-order valence-corrected chi connectivity index (χ3v) is 5.48. The summed E-state index contributed by atoms with van der Waals surface area (Å²) in [6.45, 7) is 2.10. The highest BCUT2D eigenvalue weighted by molar-refractivity contribution is 5.83. The van der Waals surface area contributed by atoms with Crippen molar-refractivity contribution in [3.63, 3.8) is 0 Å². The van der Waals surface area contributed by atoms with Gasteiger partial charge >= 0.3 is 0 Å². The number of fused-ring (bicyclic) bond motifs is 1. The van der Waals surface area contributed by atoms with Gasteiger partial charge in [0.1, 0.15) is 0 Å². The lowest BCUT2D eigenvalue weighted by molar-refractivity contribution is -0.125. The van der Waals surface area contributed by atoms with E-state index in [1.54, 1.807) is 0 Å². The quantitative estimate of drug-likeness (QED) is 0.903. The molecule has 0 aromatic heterocycles. The second-order valence-electron chi connectivity index (χ2n) is 7.00. The van der Waals surface area contributed by atoms with E-state index in [9.17, 15) is 9.59 Å². The maximum atomic E-state index is 12.0. The number of rotatable bonds is 4. The topological polar surface area (TPSA) is 58.2 Å². The van der Waals surface area contributed by atoms with Gasteiger partial charge in [0.25, 0.3) is 0 Å². The van der Waals surface area contributed by atoms with E-state index < -0.39 is 0 Å². The molecule has 3 aliphatic rings. The minimum atomic E-state index is -0.185. The van der Waals surface area contributed by atoms with Gasteiger partial charge in [-0.15, -0.1) is 0 Å². The smallest absolute Gasteiger partial charge is 0.239 e. The lowest BCUT2D eigenvalue weighted by Gasteiger charge is -2.45. The van der Waals surface area contributed by atoms with E-state index in [4.69, 9.17) is 0 Å². The monoisotopic (exact) mass is 334 g/mol. The minimum Gasteiger partial charge on any atom is -0.354 e. The van der Waals surface area contributed by atoms with Crippen LogP contribution in [0.1, 0.15) is 47.4 Å². The molecule has 0 fully saturated rings. The van der Waals surface area contributed by atoms with E-state index >= 15 is 0 Å². The molecule has 0 heterocycles. The van der Waals surface area contributed by atoms with Crippen LogP contribution in [0.25, 0.3) is 0 Å². The Labute approximate surface area is 147 Å². The Kier molecular flexibility index (Phi) is 4.04. The fourth-order valence-corrected chi connectivity index (χ4v) is 4.47. The Morgan fingerprint density at radius 2 is 1.48 bits per heavy atom. The summed E-state index contributed by atoms with van der Waals surface area (Å²) in [6.07, 6.45) is 1.05. The average molecular weight is 334 g/mol. The third-order valence-electron chi connectivity index (χ3n) is 5.48. The summed E-state index contributed by atoms with van der Waals surface area (Å²) in [5.41, 5.74) is 5.68. The lowest BCUT2D eigenvalue weighted by Crippen LogP contribution is -2.42. The predicted octanol–water partition coefficient (Wildman–Crippen LogP) is 2.54. The molecule has 1 atom stereocenters. The van der Waals surface area contributed by atoms with Gasteiger partial charge in [-0.1, -0.05) is 48.5 Å². The van der Waals surface area contributed by atoms with Gasteiger partial charge < -0.3 is 10.6 Å². The zero-order valence-corrected chi connectivity index (χ0v) is 14.3. The molecule has 5 rings (SSSR count). The highest BCUT2D eigenvalue weighted by Gasteiger charge is 2.42. The Hall–Kier alpha value is -2.62. The molecule has 0 unspecified atom stereocenters. The van der Waals surface area contributed by atoms with Crippen molar-refractivity contribution >= 4 is 11.8 Å². The second-order valence-corrected chi connectivity index (χ2v) is 7.00. The first kappa shape index (κ1) is 15.9. The van der Waals surface area contributed by atoms with Gasteiger partial charge in [-0.3, -0.25) is 9.59 Å². The lowest BCUT2D eigenvalue weighted by atomic mass is 9.59. The van der Waals surface area contributed by atoms with E-state index in [0.717, 1.165) is 6.42 Å². The Morgan fingerprint density at radius 1 is 0.920 bits per heavy atom. The van der Waals surface area contributed by atoms with Gasteiger partial charge in [0.2, 0.25) is 11.8 Å². The summed E-state index contributed by atoms with van der Waals surface area (Å²) in [6, 6.07) is 17.4. The van der Waals surface area contributed by atoms with Crippen LogP contribution >= 0.6 is 0 Å². The molecule has 128 valence electrons. The molecule has 4 heteroatoms. The van der Waals surface area contributed by atoms with Crippen molar-refractivity contribution in [1.82, 2.24) is 10.6 Å². The first-order valence-electron chi connectivity index (χ1n) is 8.84. The molecule has 4 nitrogen and oxygen atoms in total. The maximum absolute atomic E-state index is 12.0. The van der Waals surface area contributed by atoms with Crippen LogP contribution < -0.4 is 10.6 Å². The van der Waals surface area contributed by atoms with Crippen molar-refractivity contribution in [1.29, 1.82) is 0 Å². The molecule has 0 spiro atoms. The van der Waals surface area contributed by atoms with E-state index in [2.05, 4.69) is 59.2 Å². The molecular weight excluding hydrogens is 312 g/mol. The molecule has 0 saturated heterocycles. The number of amides is 2. The van der Waals surface area contributed by atoms with Crippen molar-refractivity contribution in [2.24, 2.45) is 5.92 Å². The van der Waals surface area contributed by atoms with Crippen molar-refractivity contribution in [3.05, 3.63) is 70.8 Å². The molecule has 2 aromatic carbocycles. The summed E-state index contributed by atoms with van der Waals surface area (Å²) >= 11 is 0. The number of nitrogens with one attached hydrogen (secondary N) is 2. The van der Waals surface area contributed by atoms with Gasteiger partial charge in [-0.25, -0.2) is 0 Å². The first-order chi connectivity index (χ1) is 12.1. The largest absolute Gasteiger partial charge is 0.354 e. The van der Waals surface area contributed by atoms with E-state index in [1.165, 1.54) is 29.2 Å². The van der Waals surface area contributed by atoms with Crippen LogP contribution in [0.3, 0.4) is 0 Å². The maximum Gasteiger partial charge on any atom is 0.239 e. The molecule has 3 aliphatic carbocycles. The normalized spacial score (nSPS) is 22.7. The average Bonchev–Trinajstić information content (AvgIpc) is 2.65. The number of hydrogen-bond donors (Lipinski definition) is 2. The molecule has 2 bridgehead atoms. The number of hydrogen-bond acceptors (Lipinski definition) is 2. The fraction of sp³-hybridized carbons (Fsp3) is 0.333. The molecule has 0 saturated carbocycles. The van der Waals surface area contributed by atoms with Gasteiger partial charge in [0, 0.05) is 25.3 Å². The van der Waals surface area contributed by atoms with Crippen LogP contribution in [-0.4, -0.2) is 24.9 Å². The number of carbonyl (C=O) groups excluding carboxylic acids is 2. The van der Waals surface area contributed by atoms with Crippen LogP contribution in [0.15, 0.2) is 48.5 Å². The van der Waals surface area contributed by atoms with Crippen LogP contribution in [0, 0.1) is 5.92 Å². The Morgan fingerprint density at radius 3 is 2.04 bits per heavy atom. The number of benzene rings is 2. The van der Waals surface area contributed by atoms with Gasteiger partial charge in [-0.2, -0.15) is 0 Å². The summed E-state index contributed by atoms with van der Waals surface area (Å²) in [4.78, 5) is 22.9. The van der Waals surface area contributed by atoms with Crippen molar-refractivity contribution in [3.8, 4) is 0 Å². The van der Waals surface area contributed by atoms with Crippen molar-refractivity contribution in [2.45, 2.75) is 25.2 Å². The summed E-state index contributed by atoms with van der Waals surface area (Å²) in [5.74, 6) is 0.817. The number of carbonyl (C=O) groups is 2. The summed E-state index contributed by atoms with van der Waals surface area (Å²) in [5, 5.41) is 5.55. The minimum absolute atomic E-state index is 0.0450. The summed E-state index contributed by atoms with van der Waals surface area (Å²) in [7, 11) is 0. The second kappa shape index (κ2) is 6.36. The Bertz CT molecular complexity index is 783. The third kappa shape index (κ3) is 2.82. The first-order valence-corrected chi connectivity index (χ1v) is 8.84. The summed E-state index contributed by atoms with van der Waals surface area (Å²) < 4.78 is 0. The SMILES string of the molecule is CC(=O)NCC(=O)NC[C@@H]1CC2c3ccccc3C1c1ccccc12.